The summed E-state index contributed by atoms with van der Waals surface area (Å²) >= 11 is 0. The van der Waals surface area contributed by atoms with Gasteiger partial charge < -0.3 is 15.1 Å². The van der Waals surface area contributed by atoms with E-state index < -0.39 is 0 Å². The summed E-state index contributed by atoms with van der Waals surface area (Å²) in [5.74, 6) is 0. The Morgan fingerprint density at radius 2 is 1.67 bits per heavy atom. The lowest BCUT2D eigenvalue weighted by Gasteiger charge is -2.50. The SMILES string of the molecule is CN(CC1(C)CCCCN1)CC1(N(C)C)CCC1. The second-order valence-corrected chi connectivity index (χ2v) is 7.09. The summed E-state index contributed by atoms with van der Waals surface area (Å²) in [4.78, 5) is 5.00. The highest BCUT2D eigenvalue weighted by Crippen LogP contribution is 2.37. The van der Waals surface area contributed by atoms with Crippen LogP contribution in [0.5, 0.6) is 0 Å². The molecule has 2 rings (SSSR count). The molecule has 1 aliphatic heterocycles. The molecule has 0 bridgehead atoms. The van der Waals surface area contributed by atoms with Crippen molar-refractivity contribution in [3.05, 3.63) is 0 Å². The fourth-order valence-corrected chi connectivity index (χ4v) is 3.74. The predicted molar refractivity (Wildman–Crippen MR) is 78.0 cm³/mol. The van der Waals surface area contributed by atoms with E-state index in [0.29, 0.717) is 11.1 Å². The lowest BCUT2D eigenvalue weighted by atomic mass is 9.75. The normalized spacial score (nSPS) is 31.7. The molecule has 1 heterocycles. The lowest BCUT2D eigenvalue weighted by Crippen LogP contribution is -2.60. The van der Waals surface area contributed by atoms with Crippen molar-refractivity contribution >= 4 is 0 Å². The predicted octanol–water partition coefficient (Wildman–Crippen LogP) is 1.93. The third-order valence-electron chi connectivity index (χ3n) is 5.12. The van der Waals surface area contributed by atoms with E-state index in [0.717, 1.165) is 0 Å². The van der Waals surface area contributed by atoms with Gasteiger partial charge in [0.15, 0.2) is 0 Å². The van der Waals surface area contributed by atoms with Crippen LogP contribution in [0, 0.1) is 0 Å². The molecular weight excluding hydrogens is 222 g/mol. The van der Waals surface area contributed by atoms with Gasteiger partial charge in [0.05, 0.1) is 0 Å². The van der Waals surface area contributed by atoms with E-state index in [2.05, 4.69) is 43.2 Å². The maximum Gasteiger partial charge on any atom is 0.0330 e. The molecule has 1 aliphatic carbocycles. The summed E-state index contributed by atoms with van der Waals surface area (Å²) in [6.45, 7) is 5.99. The summed E-state index contributed by atoms with van der Waals surface area (Å²) in [5, 5.41) is 3.72. The summed E-state index contributed by atoms with van der Waals surface area (Å²) in [7, 11) is 6.78. The molecule has 106 valence electrons. The summed E-state index contributed by atoms with van der Waals surface area (Å²) < 4.78 is 0. The van der Waals surface area contributed by atoms with Crippen molar-refractivity contribution in [1.29, 1.82) is 0 Å². The minimum atomic E-state index is 0.338. The van der Waals surface area contributed by atoms with Gasteiger partial charge in [-0.25, -0.2) is 0 Å². The van der Waals surface area contributed by atoms with E-state index in [1.165, 1.54) is 58.2 Å². The molecule has 0 aromatic rings. The molecule has 0 amide bonds. The van der Waals surface area contributed by atoms with E-state index in [4.69, 9.17) is 0 Å². The summed E-state index contributed by atoms with van der Waals surface area (Å²) in [6.07, 6.45) is 8.20. The maximum atomic E-state index is 3.72. The van der Waals surface area contributed by atoms with Crippen molar-refractivity contribution < 1.29 is 0 Å². The van der Waals surface area contributed by atoms with E-state index in [1.807, 2.05) is 0 Å². The first-order chi connectivity index (χ1) is 8.46. The van der Waals surface area contributed by atoms with Crippen molar-refractivity contribution in [2.45, 2.75) is 56.5 Å². The first-order valence-corrected chi connectivity index (χ1v) is 7.57. The van der Waals surface area contributed by atoms with Crippen LogP contribution in [0.4, 0.5) is 0 Å². The van der Waals surface area contributed by atoms with Crippen molar-refractivity contribution in [2.24, 2.45) is 0 Å². The number of nitrogens with zero attached hydrogens (tertiary/aromatic N) is 2. The number of hydrogen-bond acceptors (Lipinski definition) is 3. The molecule has 1 saturated heterocycles. The highest BCUT2D eigenvalue weighted by atomic mass is 15.2. The summed E-state index contributed by atoms with van der Waals surface area (Å²) in [6, 6.07) is 0. The van der Waals surface area contributed by atoms with Gasteiger partial charge in [0.2, 0.25) is 0 Å². The molecule has 1 saturated carbocycles. The maximum absolute atomic E-state index is 3.72. The third kappa shape index (κ3) is 3.06. The second-order valence-electron chi connectivity index (χ2n) is 7.09. The minimum Gasteiger partial charge on any atom is -0.310 e. The van der Waals surface area contributed by atoms with Gasteiger partial charge in [-0.2, -0.15) is 0 Å². The van der Waals surface area contributed by atoms with Crippen LogP contribution >= 0.6 is 0 Å². The Labute approximate surface area is 113 Å². The second kappa shape index (κ2) is 5.48. The Balaban J connectivity index is 1.86. The Kier molecular flexibility index (Phi) is 4.35. The molecule has 2 fully saturated rings. The zero-order valence-electron chi connectivity index (χ0n) is 12.8. The highest BCUT2D eigenvalue weighted by molar-refractivity contribution is 4.99. The van der Waals surface area contributed by atoms with E-state index in [1.54, 1.807) is 0 Å². The number of rotatable bonds is 5. The molecule has 1 atom stereocenters. The molecule has 18 heavy (non-hydrogen) atoms. The zero-order chi connectivity index (χ0) is 13.2. The minimum absolute atomic E-state index is 0.338. The lowest BCUT2D eigenvalue weighted by molar-refractivity contribution is 0.0194. The monoisotopic (exact) mass is 253 g/mol. The quantitative estimate of drug-likeness (QED) is 0.808. The van der Waals surface area contributed by atoms with Crippen LogP contribution in [0.1, 0.15) is 45.4 Å². The fraction of sp³-hybridized carbons (Fsp3) is 1.00. The summed E-state index contributed by atoms with van der Waals surface area (Å²) in [5.41, 5.74) is 0.796. The van der Waals surface area contributed by atoms with Crippen molar-refractivity contribution in [3.8, 4) is 0 Å². The Bertz CT molecular complexity index is 265. The Morgan fingerprint density at radius 3 is 2.11 bits per heavy atom. The molecule has 1 unspecified atom stereocenters. The molecule has 0 radical (unpaired) electrons. The molecule has 0 aromatic heterocycles. The molecular formula is C15H31N3. The van der Waals surface area contributed by atoms with Gasteiger partial charge in [-0.15, -0.1) is 0 Å². The van der Waals surface area contributed by atoms with Crippen molar-refractivity contribution in [3.63, 3.8) is 0 Å². The smallest absolute Gasteiger partial charge is 0.0330 e. The van der Waals surface area contributed by atoms with Gasteiger partial charge >= 0.3 is 0 Å². The van der Waals surface area contributed by atoms with Crippen molar-refractivity contribution in [1.82, 2.24) is 15.1 Å². The van der Waals surface area contributed by atoms with Crippen LogP contribution in [0.2, 0.25) is 0 Å². The van der Waals surface area contributed by atoms with Gasteiger partial charge in [0.25, 0.3) is 0 Å². The number of hydrogen-bond donors (Lipinski definition) is 1. The van der Waals surface area contributed by atoms with Gasteiger partial charge in [-0.1, -0.05) is 6.42 Å². The Hall–Kier alpha value is -0.120. The molecule has 2 aliphatic rings. The molecule has 0 spiro atoms. The third-order valence-corrected chi connectivity index (χ3v) is 5.12. The highest BCUT2D eigenvalue weighted by Gasteiger charge is 2.40. The van der Waals surface area contributed by atoms with Gasteiger partial charge in [0, 0.05) is 24.2 Å². The van der Waals surface area contributed by atoms with Crippen LogP contribution in [-0.4, -0.2) is 61.7 Å². The van der Waals surface area contributed by atoms with Crippen LogP contribution in [0.25, 0.3) is 0 Å². The topological polar surface area (TPSA) is 18.5 Å². The van der Waals surface area contributed by atoms with Crippen LogP contribution in [-0.2, 0) is 0 Å². The van der Waals surface area contributed by atoms with Crippen LogP contribution < -0.4 is 5.32 Å². The van der Waals surface area contributed by atoms with Gasteiger partial charge in [-0.05, 0) is 66.7 Å². The average Bonchev–Trinajstić information content (AvgIpc) is 2.23. The number of nitrogens with one attached hydrogen (secondary N) is 1. The first kappa shape index (κ1) is 14.3. The fourth-order valence-electron chi connectivity index (χ4n) is 3.74. The van der Waals surface area contributed by atoms with Gasteiger partial charge in [0.1, 0.15) is 0 Å². The van der Waals surface area contributed by atoms with Crippen molar-refractivity contribution in [2.75, 3.05) is 40.8 Å². The standard InChI is InChI=1S/C15H31N3/c1-14(8-5-6-11-16-14)12-18(4)13-15(17(2)3)9-7-10-15/h16H,5-13H2,1-4H3. The molecule has 3 nitrogen and oxygen atoms in total. The van der Waals surface area contributed by atoms with Crippen LogP contribution in [0.15, 0.2) is 0 Å². The largest absolute Gasteiger partial charge is 0.310 e. The molecule has 1 N–H and O–H groups in total. The number of likely N-dealkylation sites (N-methyl/N-ethyl adjacent to an activating group) is 2. The first-order valence-electron chi connectivity index (χ1n) is 7.57. The van der Waals surface area contributed by atoms with E-state index in [-0.39, 0.29) is 0 Å². The average molecular weight is 253 g/mol. The zero-order valence-corrected chi connectivity index (χ0v) is 12.8. The molecule has 0 aromatic carbocycles. The van der Waals surface area contributed by atoms with E-state index >= 15 is 0 Å². The number of piperidine rings is 1. The van der Waals surface area contributed by atoms with Gasteiger partial charge in [-0.3, -0.25) is 0 Å². The van der Waals surface area contributed by atoms with E-state index in [9.17, 15) is 0 Å². The van der Waals surface area contributed by atoms with Crippen LogP contribution in [0.3, 0.4) is 0 Å². The molecule has 3 heteroatoms. The Morgan fingerprint density at radius 1 is 0.944 bits per heavy atom.